The van der Waals surface area contributed by atoms with E-state index in [1.807, 2.05) is 16.7 Å². The van der Waals surface area contributed by atoms with Crippen LogP contribution in [-0.2, 0) is 4.79 Å². The number of hydrogen-bond donors (Lipinski definition) is 0. The van der Waals surface area contributed by atoms with Gasteiger partial charge in [-0.15, -0.1) is 0 Å². The topological polar surface area (TPSA) is 49.9 Å². The minimum atomic E-state index is -0.0390. The number of nitrogens with zero attached hydrogens (tertiary/aromatic N) is 2. The van der Waals surface area contributed by atoms with E-state index >= 15 is 0 Å². The van der Waals surface area contributed by atoms with Gasteiger partial charge >= 0.3 is 0 Å². The molecule has 2 amide bonds. The highest BCUT2D eigenvalue weighted by atomic mass is 35.5. The van der Waals surface area contributed by atoms with E-state index in [0.717, 1.165) is 32.2 Å². The maximum atomic E-state index is 12.8. The maximum absolute atomic E-state index is 12.8. The van der Waals surface area contributed by atoms with Crippen LogP contribution in [-0.4, -0.2) is 54.4 Å². The standard InChI is InChI=1S/C19H25ClN2O3/c1-2-25-17-8-7-15(13-16(17)20)19(24)22-10-4-9-21(11-12-22)18(23)14-5-3-6-14/h7-8,13-14H,2-6,9-12H2,1H3. The molecular weight excluding hydrogens is 340 g/mol. The van der Waals surface area contributed by atoms with Crippen molar-refractivity contribution < 1.29 is 14.3 Å². The Balaban J connectivity index is 1.62. The lowest BCUT2D eigenvalue weighted by Crippen LogP contribution is -2.41. The average molecular weight is 365 g/mol. The third-order valence-electron chi connectivity index (χ3n) is 5.03. The number of amides is 2. The van der Waals surface area contributed by atoms with E-state index in [2.05, 4.69) is 0 Å². The Bertz CT molecular complexity index is 646. The summed E-state index contributed by atoms with van der Waals surface area (Å²) in [6.45, 7) is 5.02. The zero-order valence-electron chi connectivity index (χ0n) is 14.7. The van der Waals surface area contributed by atoms with Crippen LogP contribution in [0.4, 0.5) is 0 Å². The van der Waals surface area contributed by atoms with Gasteiger partial charge in [0.2, 0.25) is 5.91 Å². The third-order valence-corrected chi connectivity index (χ3v) is 5.32. The summed E-state index contributed by atoms with van der Waals surface area (Å²) in [6.07, 6.45) is 4.01. The fourth-order valence-corrected chi connectivity index (χ4v) is 3.58. The minimum absolute atomic E-state index is 0.0390. The molecule has 2 aliphatic rings. The quantitative estimate of drug-likeness (QED) is 0.824. The van der Waals surface area contributed by atoms with Crippen LogP contribution < -0.4 is 4.74 Å². The molecule has 136 valence electrons. The van der Waals surface area contributed by atoms with Crippen molar-refractivity contribution in [3.05, 3.63) is 28.8 Å². The maximum Gasteiger partial charge on any atom is 0.253 e. The highest BCUT2D eigenvalue weighted by molar-refractivity contribution is 6.32. The van der Waals surface area contributed by atoms with E-state index in [1.165, 1.54) is 0 Å². The van der Waals surface area contributed by atoms with Gasteiger partial charge in [-0.1, -0.05) is 18.0 Å². The van der Waals surface area contributed by atoms with Gasteiger partial charge in [-0.25, -0.2) is 0 Å². The molecule has 0 spiro atoms. The molecule has 2 fully saturated rings. The molecule has 1 heterocycles. The van der Waals surface area contributed by atoms with E-state index in [1.54, 1.807) is 18.2 Å². The number of hydrogen-bond acceptors (Lipinski definition) is 3. The summed E-state index contributed by atoms with van der Waals surface area (Å²) in [5.74, 6) is 1.04. The fraction of sp³-hybridized carbons (Fsp3) is 0.579. The lowest BCUT2D eigenvalue weighted by molar-refractivity contribution is -0.138. The molecular formula is C19H25ClN2O3. The Morgan fingerprint density at radius 2 is 1.84 bits per heavy atom. The molecule has 0 N–H and O–H groups in total. The van der Waals surface area contributed by atoms with Crippen molar-refractivity contribution in [2.24, 2.45) is 5.92 Å². The summed E-state index contributed by atoms with van der Waals surface area (Å²) in [4.78, 5) is 28.9. The van der Waals surface area contributed by atoms with Crippen LogP contribution in [0.1, 0.15) is 43.0 Å². The first-order valence-corrected chi connectivity index (χ1v) is 9.48. The lowest BCUT2D eigenvalue weighted by Gasteiger charge is -2.31. The summed E-state index contributed by atoms with van der Waals surface area (Å²) < 4.78 is 5.41. The third kappa shape index (κ3) is 4.09. The van der Waals surface area contributed by atoms with E-state index in [0.29, 0.717) is 42.6 Å². The number of halogens is 1. The van der Waals surface area contributed by atoms with Crippen LogP contribution >= 0.6 is 11.6 Å². The highest BCUT2D eigenvalue weighted by Gasteiger charge is 2.31. The summed E-state index contributed by atoms with van der Waals surface area (Å²) in [5, 5.41) is 0.448. The molecule has 1 saturated heterocycles. The van der Waals surface area contributed by atoms with Gasteiger partial charge in [0.1, 0.15) is 5.75 Å². The zero-order valence-corrected chi connectivity index (χ0v) is 15.4. The van der Waals surface area contributed by atoms with Crippen molar-refractivity contribution in [1.29, 1.82) is 0 Å². The molecule has 1 aliphatic carbocycles. The summed E-state index contributed by atoms with van der Waals surface area (Å²) in [6, 6.07) is 5.15. The van der Waals surface area contributed by atoms with Crippen LogP contribution in [0.5, 0.6) is 5.75 Å². The van der Waals surface area contributed by atoms with Gasteiger partial charge in [0.05, 0.1) is 11.6 Å². The monoisotopic (exact) mass is 364 g/mol. The summed E-state index contributed by atoms with van der Waals surface area (Å²) in [7, 11) is 0. The molecule has 5 nitrogen and oxygen atoms in total. The highest BCUT2D eigenvalue weighted by Crippen LogP contribution is 2.29. The molecule has 6 heteroatoms. The summed E-state index contributed by atoms with van der Waals surface area (Å²) in [5.41, 5.74) is 0.562. The number of ether oxygens (including phenoxy) is 1. The number of carbonyl (C=O) groups excluding carboxylic acids is 2. The zero-order chi connectivity index (χ0) is 17.8. The first kappa shape index (κ1) is 18.1. The fourth-order valence-electron chi connectivity index (χ4n) is 3.34. The Morgan fingerprint density at radius 1 is 1.12 bits per heavy atom. The molecule has 0 aromatic heterocycles. The molecule has 0 atom stereocenters. The average Bonchev–Trinajstić information content (AvgIpc) is 2.80. The molecule has 1 aliphatic heterocycles. The number of rotatable bonds is 4. The molecule has 25 heavy (non-hydrogen) atoms. The second-order valence-electron chi connectivity index (χ2n) is 6.68. The van der Waals surface area contributed by atoms with Gasteiger partial charge in [0.25, 0.3) is 5.91 Å². The first-order valence-electron chi connectivity index (χ1n) is 9.10. The normalized spacial score (nSPS) is 18.5. The van der Waals surface area contributed by atoms with E-state index in [4.69, 9.17) is 16.3 Å². The van der Waals surface area contributed by atoms with Crippen molar-refractivity contribution >= 4 is 23.4 Å². The predicted molar refractivity (Wildman–Crippen MR) is 97.1 cm³/mol. The Hall–Kier alpha value is -1.75. The van der Waals surface area contributed by atoms with Gasteiger partial charge in [0, 0.05) is 37.7 Å². The predicted octanol–water partition coefficient (Wildman–Crippen LogP) is 3.21. The van der Waals surface area contributed by atoms with Crippen molar-refractivity contribution in [1.82, 2.24) is 9.80 Å². The Kier molecular flexibility index (Phi) is 5.84. The molecule has 3 rings (SSSR count). The molecule has 0 unspecified atom stereocenters. The molecule has 0 radical (unpaired) electrons. The second kappa shape index (κ2) is 8.09. The Morgan fingerprint density at radius 3 is 2.48 bits per heavy atom. The van der Waals surface area contributed by atoms with Gasteiger partial charge in [-0.2, -0.15) is 0 Å². The molecule has 1 saturated carbocycles. The second-order valence-corrected chi connectivity index (χ2v) is 7.08. The van der Waals surface area contributed by atoms with E-state index in [-0.39, 0.29) is 17.7 Å². The Labute approximate surface area is 153 Å². The van der Waals surface area contributed by atoms with Crippen LogP contribution in [0.2, 0.25) is 5.02 Å². The smallest absolute Gasteiger partial charge is 0.253 e. The minimum Gasteiger partial charge on any atom is -0.492 e. The largest absolute Gasteiger partial charge is 0.492 e. The van der Waals surface area contributed by atoms with Gasteiger partial charge in [-0.3, -0.25) is 9.59 Å². The van der Waals surface area contributed by atoms with Crippen LogP contribution in [0.3, 0.4) is 0 Å². The SMILES string of the molecule is CCOc1ccc(C(=O)N2CCCN(C(=O)C3CCC3)CC2)cc1Cl. The number of benzene rings is 1. The van der Waals surface area contributed by atoms with Crippen LogP contribution in [0, 0.1) is 5.92 Å². The van der Waals surface area contributed by atoms with Gasteiger partial charge in [0.15, 0.2) is 0 Å². The lowest BCUT2D eigenvalue weighted by atomic mass is 9.84. The molecule has 1 aromatic carbocycles. The van der Waals surface area contributed by atoms with Gasteiger partial charge in [-0.05, 0) is 44.4 Å². The van der Waals surface area contributed by atoms with Crippen molar-refractivity contribution in [3.8, 4) is 5.75 Å². The van der Waals surface area contributed by atoms with Gasteiger partial charge < -0.3 is 14.5 Å². The van der Waals surface area contributed by atoms with Crippen molar-refractivity contribution in [3.63, 3.8) is 0 Å². The molecule has 1 aromatic rings. The van der Waals surface area contributed by atoms with E-state index in [9.17, 15) is 9.59 Å². The van der Waals surface area contributed by atoms with Crippen LogP contribution in [0.15, 0.2) is 18.2 Å². The first-order chi connectivity index (χ1) is 12.1. The number of carbonyl (C=O) groups is 2. The van der Waals surface area contributed by atoms with E-state index < -0.39 is 0 Å². The van der Waals surface area contributed by atoms with Crippen molar-refractivity contribution in [2.75, 3.05) is 32.8 Å². The molecule has 0 bridgehead atoms. The summed E-state index contributed by atoms with van der Waals surface area (Å²) >= 11 is 6.20. The van der Waals surface area contributed by atoms with Crippen molar-refractivity contribution in [2.45, 2.75) is 32.6 Å². The van der Waals surface area contributed by atoms with Crippen LogP contribution in [0.25, 0.3) is 0 Å².